The van der Waals surface area contributed by atoms with Crippen molar-refractivity contribution < 1.29 is 9.53 Å². The van der Waals surface area contributed by atoms with Crippen LogP contribution in [0.25, 0.3) is 0 Å². The van der Waals surface area contributed by atoms with Gasteiger partial charge in [-0.05, 0) is 12.8 Å². The molecule has 0 radical (unpaired) electrons. The molecule has 8 heteroatoms. The van der Waals surface area contributed by atoms with Gasteiger partial charge in [0.25, 0.3) is 0 Å². The summed E-state index contributed by atoms with van der Waals surface area (Å²) in [6, 6.07) is 0. The molecule has 0 aliphatic carbocycles. The number of thiocarbonyl (C=S) groups is 1. The number of carbonyl (C=O) groups is 1. The molecular weight excluding hydrogens is 278 g/mol. The van der Waals surface area contributed by atoms with Crippen molar-refractivity contribution >= 4 is 23.1 Å². The fraction of sp³-hybridized carbons (Fsp3) is 0.667. The lowest BCUT2D eigenvalue weighted by atomic mass is 9.79. The summed E-state index contributed by atoms with van der Waals surface area (Å²) >= 11 is 5.09. The molecule has 1 fully saturated rings. The minimum absolute atomic E-state index is 0.115. The molecule has 0 bridgehead atoms. The quantitative estimate of drug-likeness (QED) is 0.715. The maximum Gasteiger partial charge on any atom is 0.233 e. The number of nitrogens with zero attached hydrogens (tertiary/aromatic N) is 3. The van der Waals surface area contributed by atoms with Gasteiger partial charge in [-0.2, -0.15) is 0 Å². The Balaban J connectivity index is 1.92. The van der Waals surface area contributed by atoms with Gasteiger partial charge in [-0.15, -0.1) is 10.2 Å². The summed E-state index contributed by atoms with van der Waals surface area (Å²) < 4.78 is 7.11. The number of hydrogen-bond acceptors (Lipinski definition) is 5. The third-order valence-electron chi connectivity index (χ3n) is 3.69. The van der Waals surface area contributed by atoms with E-state index in [1.807, 2.05) is 11.6 Å². The lowest BCUT2D eigenvalue weighted by Gasteiger charge is -2.34. The molecule has 1 saturated heterocycles. The van der Waals surface area contributed by atoms with Crippen LogP contribution < -0.4 is 11.1 Å². The van der Waals surface area contributed by atoms with Gasteiger partial charge in [-0.3, -0.25) is 4.79 Å². The fourth-order valence-electron chi connectivity index (χ4n) is 2.30. The Morgan fingerprint density at radius 3 is 2.85 bits per heavy atom. The van der Waals surface area contributed by atoms with E-state index in [1.165, 1.54) is 0 Å². The molecule has 20 heavy (non-hydrogen) atoms. The molecule has 1 aliphatic heterocycles. The zero-order valence-corrected chi connectivity index (χ0v) is 12.3. The van der Waals surface area contributed by atoms with Crippen LogP contribution in [0.15, 0.2) is 6.33 Å². The predicted molar refractivity (Wildman–Crippen MR) is 77.0 cm³/mol. The number of ether oxygens (including phenoxy) is 1. The van der Waals surface area contributed by atoms with Crippen molar-refractivity contribution in [2.45, 2.75) is 19.3 Å². The average Bonchev–Trinajstić information content (AvgIpc) is 2.85. The van der Waals surface area contributed by atoms with E-state index < -0.39 is 5.41 Å². The molecule has 1 amide bonds. The summed E-state index contributed by atoms with van der Waals surface area (Å²) in [6.07, 6.45) is 3.33. The number of rotatable bonds is 5. The van der Waals surface area contributed by atoms with Crippen LogP contribution in [0.5, 0.6) is 0 Å². The minimum atomic E-state index is -0.770. The van der Waals surface area contributed by atoms with E-state index in [-0.39, 0.29) is 10.9 Å². The van der Waals surface area contributed by atoms with Crippen LogP contribution in [0.2, 0.25) is 0 Å². The zero-order valence-electron chi connectivity index (χ0n) is 11.5. The van der Waals surface area contributed by atoms with E-state index in [0.29, 0.717) is 39.0 Å². The number of carbonyl (C=O) groups excluding carboxylic acids is 1. The molecule has 0 saturated carbocycles. The third-order valence-corrected chi connectivity index (χ3v) is 4.08. The average molecular weight is 297 g/mol. The van der Waals surface area contributed by atoms with Crippen LogP contribution in [0, 0.1) is 5.41 Å². The molecule has 2 rings (SSSR count). The van der Waals surface area contributed by atoms with Crippen molar-refractivity contribution in [3.8, 4) is 0 Å². The van der Waals surface area contributed by atoms with Crippen LogP contribution in [0.1, 0.15) is 18.7 Å². The third kappa shape index (κ3) is 2.96. The van der Waals surface area contributed by atoms with Crippen molar-refractivity contribution in [1.29, 1.82) is 0 Å². The van der Waals surface area contributed by atoms with Crippen LogP contribution in [-0.4, -0.2) is 45.4 Å². The van der Waals surface area contributed by atoms with Crippen LogP contribution >= 0.6 is 12.2 Å². The highest BCUT2D eigenvalue weighted by Gasteiger charge is 2.42. The molecule has 7 nitrogen and oxygen atoms in total. The summed E-state index contributed by atoms with van der Waals surface area (Å²) in [5.74, 6) is 0.706. The Morgan fingerprint density at radius 1 is 1.60 bits per heavy atom. The maximum atomic E-state index is 12.4. The molecule has 0 unspecified atom stereocenters. The maximum absolute atomic E-state index is 12.4. The van der Waals surface area contributed by atoms with Gasteiger partial charge in [0.05, 0.1) is 4.99 Å². The first-order valence-corrected chi connectivity index (χ1v) is 6.96. The van der Waals surface area contributed by atoms with Crippen molar-refractivity contribution in [2.75, 3.05) is 19.8 Å². The van der Waals surface area contributed by atoms with Crippen LogP contribution in [-0.2, 0) is 23.0 Å². The fourth-order valence-corrected chi connectivity index (χ4v) is 2.59. The standard InChI is InChI=1S/C12H19N5O2S/c1-17-8-15-16-9(17)2-5-14-11(18)12(10(13)20)3-6-19-7-4-12/h8H,2-7H2,1H3,(H2,13,20)(H,14,18). The highest BCUT2D eigenvalue weighted by molar-refractivity contribution is 7.80. The summed E-state index contributed by atoms with van der Waals surface area (Å²) in [7, 11) is 1.87. The first kappa shape index (κ1) is 14.9. The van der Waals surface area contributed by atoms with Crippen molar-refractivity contribution in [3.63, 3.8) is 0 Å². The summed E-state index contributed by atoms with van der Waals surface area (Å²) in [4.78, 5) is 12.6. The number of aryl methyl sites for hydroxylation is 1. The highest BCUT2D eigenvalue weighted by Crippen LogP contribution is 2.31. The summed E-state index contributed by atoms with van der Waals surface area (Å²) in [5.41, 5.74) is 5.01. The molecule has 3 N–H and O–H groups in total. The van der Waals surface area contributed by atoms with Crippen molar-refractivity contribution in [1.82, 2.24) is 20.1 Å². The van der Waals surface area contributed by atoms with Crippen molar-refractivity contribution in [3.05, 3.63) is 12.2 Å². The van der Waals surface area contributed by atoms with E-state index in [9.17, 15) is 4.79 Å². The van der Waals surface area contributed by atoms with Crippen LogP contribution in [0.3, 0.4) is 0 Å². The number of hydrogen-bond donors (Lipinski definition) is 2. The van der Waals surface area contributed by atoms with Gasteiger partial charge in [0.2, 0.25) is 5.91 Å². The van der Waals surface area contributed by atoms with Gasteiger partial charge in [0.15, 0.2) is 0 Å². The Kier molecular flexibility index (Phi) is 4.66. The van der Waals surface area contributed by atoms with Gasteiger partial charge in [-0.1, -0.05) is 12.2 Å². The number of nitrogens with two attached hydrogens (primary N) is 1. The Hall–Kier alpha value is -1.54. The Bertz CT molecular complexity index is 496. The molecule has 1 aromatic rings. The van der Waals surface area contributed by atoms with E-state index in [1.54, 1.807) is 6.33 Å². The SMILES string of the molecule is Cn1cnnc1CCNC(=O)C1(C(N)=S)CCOCC1. The number of amides is 1. The summed E-state index contributed by atoms with van der Waals surface area (Å²) in [6.45, 7) is 1.50. The smallest absolute Gasteiger partial charge is 0.233 e. The Morgan fingerprint density at radius 2 is 2.30 bits per heavy atom. The second-order valence-corrected chi connectivity index (χ2v) is 5.36. The monoisotopic (exact) mass is 297 g/mol. The van der Waals surface area contributed by atoms with E-state index in [0.717, 1.165) is 5.82 Å². The van der Waals surface area contributed by atoms with E-state index in [2.05, 4.69) is 15.5 Å². The van der Waals surface area contributed by atoms with Gasteiger partial charge in [0, 0.05) is 33.2 Å². The number of nitrogens with one attached hydrogen (secondary N) is 1. The van der Waals surface area contributed by atoms with Gasteiger partial charge < -0.3 is 20.4 Å². The summed E-state index contributed by atoms with van der Waals surface area (Å²) in [5, 5.41) is 10.7. The molecule has 1 aliphatic rings. The molecule has 0 spiro atoms. The first-order chi connectivity index (χ1) is 9.56. The molecule has 0 aromatic carbocycles. The molecule has 110 valence electrons. The molecule has 0 atom stereocenters. The predicted octanol–water partition coefficient (Wildman–Crippen LogP) is -0.443. The second kappa shape index (κ2) is 6.27. The number of aromatic nitrogens is 3. The zero-order chi connectivity index (χ0) is 14.6. The normalized spacial score (nSPS) is 17.6. The van der Waals surface area contributed by atoms with Gasteiger partial charge >= 0.3 is 0 Å². The topological polar surface area (TPSA) is 95.1 Å². The highest BCUT2D eigenvalue weighted by atomic mass is 32.1. The lowest BCUT2D eigenvalue weighted by molar-refractivity contribution is -0.131. The Labute approximate surface area is 122 Å². The largest absolute Gasteiger partial charge is 0.392 e. The minimum Gasteiger partial charge on any atom is -0.392 e. The first-order valence-electron chi connectivity index (χ1n) is 6.55. The molecule has 1 aromatic heterocycles. The van der Waals surface area contributed by atoms with Crippen LogP contribution in [0.4, 0.5) is 0 Å². The molecule has 2 heterocycles. The van der Waals surface area contributed by atoms with Crippen molar-refractivity contribution in [2.24, 2.45) is 18.2 Å². The van der Waals surface area contributed by atoms with Gasteiger partial charge in [-0.25, -0.2) is 0 Å². The van der Waals surface area contributed by atoms with Gasteiger partial charge in [0.1, 0.15) is 17.6 Å². The second-order valence-electron chi connectivity index (χ2n) is 4.92. The lowest BCUT2D eigenvalue weighted by Crippen LogP contribution is -2.52. The molecular formula is C12H19N5O2S. The van der Waals surface area contributed by atoms with E-state index in [4.69, 9.17) is 22.7 Å². The van der Waals surface area contributed by atoms with E-state index >= 15 is 0 Å².